The summed E-state index contributed by atoms with van der Waals surface area (Å²) in [4.78, 5) is 23.9. The molecule has 4 nitrogen and oxygen atoms in total. The molecule has 2 aromatic rings. The Balaban J connectivity index is 1.90. The van der Waals surface area contributed by atoms with Crippen LogP contribution in [0.4, 0.5) is 4.39 Å². The van der Waals surface area contributed by atoms with Crippen LogP contribution in [0.1, 0.15) is 28.1 Å². The monoisotopic (exact) mass is 307 g/mol. The lowest BCUT2D eigenvalue weighted by molar-refractivity contribution is -0.139. The van der Waals surface area contributed by atoms with E-state index in [-0.39, 0.29) is 11.7 Å². The molecule has 1 aliphatic carbocycles. The van der Waals surface area contributed by atoms with Gasteiger partial charge in [0.15, 0.2) is 0 Å². The molecule has 1 saturated carbocycles. The predicted octanol–water partition coefficient (Wildman–Crippen LogP) is 2.94. The molecule has 1 aliphatic rings. The second-order valence-electron chi connectivity index (χ2n) is 5.32. The van der Waals surface area contributed by atoms with Crippen LogP contribution in [-0.4, -0.2) is 23.0 Å². The molecule has 1 aromatic heterocycles. The normalized spacial score (nSPS) is 15.9. The number of hydrogen-bond acceptors (Lipinski definition) is 3. The van der Waals surface area contributed by atoms with Crippen molar-refractivity contribution in [3.05, 3.63) is 34.5 Å². The molecule has 1 aromatic carbocycles. The Morgan fingerprint density at radius 3 is 2.76 bits per heavy atom. The summed E-state index contributed by atoms with van der Waals surface area (Å²) in [5, 5.41) is 12.6. The van der Waals surface area contributed by atoms with Crippen molar-refractivity contribution >= 4 is 33.3 Å². The number of benzene rings is 1. The van der Waals surface area contributed by atoms with Crippen molar-refractivity contribution in [2.75, 3.05) is 0 Å². The van der Waals surface area contributed by atoms with Crippen molar-refractivity contribution in [3.63, 3.8) is 0 Å². The van der Waals surface area contributed by atoms with Crippen molar-refractivity contribution < 1.29 is 19.1 Å². The summed E-state index contributed by atoms with van der Waals surface area (Å²) in [6.45, 7) is 1.79. The zero-order valence-corrected chi connectivity index (χ0v) is 12.2. The first-order valence-corrected chi connectivity index (χ1v) is 7.51. The number of carboxylic acids is 1. The second-order valence-corrected chi connectivity index (χ2v) is 6.38. The van der Waals surface area contributed by atoms with Crippen LogP contribution in [0.5, 0.6) is 0 Å². The molecular formula is C15H14FNO3S. The van der Waals surface area contributed by atoms with Crippen LogP contribution in [0, 0.1) is 18.7 Å². The SMILES string of the molecule is Cc1c(C(=O)NC(C(=O)O)C2CC2)sc2cc(F)ccc12. The van der Waals surface area contributed by atoms with Crippen LogP contribution in [0.15, 0.2) is 18.2 Å². The van der Waals surface area contributed by atoms with E-state index in [1.807, 2.05) is 0 Å². The van der Waals surface area contributed by atoms with Crippen LogP contribution >= 0.6 is 11.3 Å². The van der Waals surface area contributed by atoms with Gasteiger partial charge in [0.1, 0.15) is 11.9 Å². The molecule has 1 atom stereocenters. The minimum absolute atomic E-state index is 0.0265. The Kier molecular flexibility index (Phi) is 3.41. The first kappa shape index (κ1) is 14.0. The van der Waals surface area contributed by atoms with Crippen molar-refractivity contribution in [3.8, 4) is 0 Å². The highest BCUT2D eigenvalue weighted by molar-refractivity contribution is 7.21. The lowest BCUT2D eigenvalue weighted by atomic mass is 10.1. The Morgan fingerprint density at radius 2 is 2.14 bits per heavy atom. The van der Waals surface area contributed by atoms with Crippen LogP contribution in [0.2, 0.25) is 0 Å². The highest BCUT2D eigenvalue weighted by atomic mass is 32.1. The number of carbonyl (C=O) groups excluding carboxylic acids is 1. The number of halogens is 1. The molecule has 1 unspecified atom stereocenters. The zero-order valence-electron chi connectivity index (χ0n) is 11.4. The number of aryl methyl sites for hydroxylation is 1. The van der Waals surface area contributed by atoms with Crippen molar-refractivity contribution in [2.45, 2.75) is 25.8 Å². The number of hydrogen-bond donors (Lipinski definition) is 2. The number of rotatable bonds is 4. The lowest BCUT2D eigenvalue weighted by Crippen LogP contribution is -2.42. The number of thiophene rings is 1. The number of nitrogens with one attached hydrogen (secondary N) is 1. The molecule has 6 heteroatoms. The summed E-state index contributed by atoms with van der Waals surface area (Å²) in [5.74, 6) is -1.72. The third kappa shape index (κ3) is 2.63. The third-order valence-corrected chi connectivity index (χ3v) is 5.01. The Bertz CT molecular complexity index is 736. The summed E-state index contributed by atoms with van der Waals surface area (Å²) in [7, 11) is 0. The van der Waals surface area contributed by atoms with E-state index < -0.39 is 17.9 Å². The summed E-state index contributed by atoms with van der Waals surface area (Å²) < 4.78 is 13.9. The highest BCUT2D eigenvalue weighted by Gasteiger charge is 2.37. The van der Waals surface area contributed by atoms with Crippen LogP contribution in [-0.2, 0) is 4.79 Å². The van der Waals surface area contributed by atoms with Crippen LogP contribution in [0.3, 0.4) is 0 Å². The van der Waals surface area contributed by atoms with E-state index in [0.717, 1.165) is 23.8 Å². The molecule has 110 valence electrons. The van der Waals surface area contributed by atoms with Crippen LogP contribution in [0.25, 0.3) is 10.1 Å². The maximum atomic E-state index is 13.2. The fraction of sp³-hybridized carbons (Fsp3) is 0.333. The van der Waals surface area contributed by atoms with Gasteiger partial charge >= 0.3 is 5.97 Å². The molecular weight excluding hydrogens is 293 g/mol. The van der Waals surface area contributed by atoms with Gasteiger partial charge in [0, 0.05) is 4.70 Å². The zero-order chi connectivity index (χ0) is 15.1. The average Bonchev–Trinajstić information content (AvgIpc) is 3.20. The van der Waals surface area contributed by atoms with E-state index in [2.05, 4.69) is 5.32 Å². The first-order valence-electron chi connectivity index (χ1n) is 6.69. The summed E-state index contributed by atoms with van der Waals surface area (Å²) in [6.07, 6.45) is 1.65. The topological polar surface area (TPSA) is 66.4 Å². The van der Waals surface area contributed by atoms with Gasteiger partial charge in [-0.3, -0.25) is 4.79 Å². The quantitative estimate of drug-likeness (QED) is 0.912. The van der Waals surface area contributed by atoms with Gasteiger partial charge in [0.2, 0.25) is 0 Å². The second kappa shape index (κ2) is 5.11. The Morgan fingerprint density at radius 1 is 1.43 bits per heavy atom. The molecule has 0 bridgehead atoms. The summed E-state index contributed by atoms with van der Waals surface area (Å²) in [6, 6.07) is 3.55. The van der Waals surface area contributed by atoms with Gasteiger partial charge in [-0.2, -0.15) is 0 Å². The summed E-state index contributed by atoms with van der Waals surface area (Å²) in [5.41, 5.74) is 0.757. The molecule has 21 heavy (non-hydrogen) atoms. The molecule has 0 aliphatic heterocycles. The van der Waals surface area contributed by atoms with E-state index in [0.29, 0.717) is 9.58 Å². The highest BCUT2D eigenvalue weighted by Crippen LogP contribution is 2.34. The average molecular weight is 307 g/mol. The molecule has 1 fully saturated rings. The van der Waals surface area contributed by atoms with Gasteiger partial charge < -0.3 is 10.4 Å². The van der Waals surface area contributed by atoms with Crippen molar-refractivity contribution in [1.29, 1.82) is 0 Å². The standard InChI is InChI=1S/C15H14FNO3S/c1-7-10-5-4-9(16)6-11(10)21-13(7)14(18)17-12(15(19)20)8-2-3-8/h4-6,8,12H,2-3H2,1H3,(H,17,18)(H,19,20). The van der Waals surface area contributed by atoms with Gasteiger partial charge in [-0.25, -0.2) is 9.18 Å². The van der Waals surface area contributed by atoms with Crippen molar-refractivity contribution in [2.24, 2.45) is 5.92 Å². The van der Waals surface area contributed by atoms with E-state index in [1.54, 1.807) is 13.0 Å². The molecule has 0 radical (unpaired) electrons. The van der Waals surface area contributed by atoms with Crippen molar-refractivity contribution in [1.82, 2.24) is 5.32 Å². The van der Waals surface area contributed by atoms with E-state index in [9.17, 15) is 14.0 Å². The fourth-order valence-electron chi connectivity index (χ4n) is 2.43. The van der Waals surface area contributed by atoms with Gasteiger partial charge in [-0.15, -0.1) is 11.3 Å². The van der Waals surface area contributed by atoms with E-state index in [1.165, 1.54) is 23.5 Å². The fourth-order valence-corrected chi connectivity index (χ4v) is 3.57. The van der Waals surface area contributed by atoms with Gasteiger partial charge in [-0.05, 0) is 48.8 Å². The Labute approximate surface area is 124 Å². The number of amides is 1. The number of fused-ring (bicyclic) bond motifs is 1. The largest absolute Gasteiger partial charge is 0.480 e. The molecule has 0 spiro atoms. The van der Waals surface area contributed by atoms with Gasteiger partial charge in [-0.1, -0.05) is 6.07 Å². The molecule has 1 heterocycles. The summed E-state index contributed by atoms with van der Waals surface area (Å²) >= 11 is 1.19. The number of carboxylic acid groups (broad SMARTS) is 1. The van der Waals surface area contributed by atoms with Gasteiger partial charge in [0.05, 0.1) is 4.88 Å². The number of aliphatic carboxylic acids is 1. The maximum absolute atomic E-state index is 13.2. The number of carbonyl (C=O) groups is 2. The molecule has 2 N–H and O–H groups in total. The molecule has 3 rings (SSSR count). The lowest BCUT2D eigenvalue weighted by Gasteiger charge is -2.13. The first-order chi connectivity index (χ1) is 9.97. The minimum Gasteiger partial charge on any atom is -0.480 e. The molecule has 0 saturated heterocycles. The van der Waals surface area contributed by atoms with Crippen LogP contribution < -0.4 is 5.32 Å². The van der Waals surface area contributed by atoms with E-state index >= 15 is 0 Å². The van der Waals surface area contributed by atoms with Gasteiger partial charge in [0.25, 0.3) is 5.91 Å². The third-order valence-electron chi connectivity index (χ3n) is 3.75. The van der Waals surface area contributed by atoms with E-state index in [4.69, 9.17) is 5.11 Å². The molecule has 1 amide bonds. The smallest absolute Gasteiger partial charge is 0.326 e. The minimum atomic E-state index is -1.00. The maximum Gasteiger partial charge on any atom is 0.326 e. The predicted molar refractivity (Wildman–Crippen MR) is 78.1 cm³/mol. The Hall–Kier alpha value is -1.95.